The standard InChI is InChI=1S/C13H16ClN3O4S/c1-9(20-11-5-3-4-10(14)8-11)12-16-17-13(21-12)15-6-7-22(2,18)19/h3-5,8-9H,6-7H2,1-2H3,(H,15,17). The van der Waals surface area contributed by atoms with Crippen molar-refractivity contribution in [1.29, 1.82) is 0 Å². The van der Waals surface area contributed by atoms with Crippen molar-refractivity contribution in [2.45, 2.75) is 13.0 Å². The SMILES string of the molecule is CC(Oc1cccc(Cl)c1)c1nnc(NCCS(C)(=O)=O)o1. The zero-order valence-electron chi connectivity index (χ0n) is 12.1. The van der Waals surface area contributed by atoms with Crippen LogP contribution in [0.5, 0.6) is 5.75 Å². The first-order chi connectivity index (χ1) is 10.3. The number of aromatic nitrogens is 2. The Bertz CT molecular complexity index is 732. The van der Waals surface area contributed by atoms with Gasteiger partial charge in [0, 0.05) is 17.8 Å². The third-order valence-electron chi connectivity index (χ3n) is 2.65. The number of benzene rings is 1. The first-order valence-corrected chi connectivity index (χ1v) is 8.94. The number of rotatable bonds is 7. The van der Waals surface area contributed by atoms with E-state index in [1.165, 1.54) is 0 Å². The molecule has 0 aliphatic rings. The number of halogens is 1. The number of nitrogens with zero attached hydrogens (tertiary/aromatic N) is 2. The Balaban J connectivity index is 1.92. The zero-order valence-corrected chi connectivity index (χ0v) is 13.7. The lowest BCUT2D eigenvalue weighted by Crippen LogP contribution is -2.14. The highest BCUT2D eigenvalue weighted by molar-refractivity contribution is 7.90. The second kappa shape index (κ2) is 6.97. The van der Waals surface area contributed by atoms with Gasteiger partial charge < -0.3 is 14.5 Å². The van der Waals surface area contributed by atoms with Crippen molar-refractivity contribution >= 4 is 27.5 Å². The van der Waals surface area contributed by atoms with Gasteiger partial charge in [-0.2, -0.15) is 0 Å². The molecule has 2 rings (SSSR count). The number of ether oxygens (including phenoxy) is 1. The monoisotopic (exact) mass is 345 g/mol. The van der Waals surface area contributed by atoms with Gasteiger partial charge in [0.15, 0.2) is 6.10 Å². The van der Waals surface area contributed by atoms with E-state index in [1.54, 1.807) is 31.2 Å². The highest BCUT2D eigenvalue weighted by Gasteiger charge is 2.16. The molecule has 1 heterocycles. The van der Waals surface area contributed by atoms with E-state index in [2.05, 4.69) is 15.5 Å². The van der Waals surface area contributed by atoms with E-state index in [1.807, 2.05) is 0 Å². The first-order valence-electron chi connectivity index (χ1n) is 6.51. The quantitative estimate of drug-likeness (QED) is 0.822. The number of anilines is 1. The summed E-state index contributed by atoms with van der Waals surface area (Å²) < 4.78 is 33.1. The predicted octanol–water partition coefficient (Wildman–Crippen LogP) is 2.32. The second-order valence-corrected chi connectivity index (χ2v) is 7.42. The van der Waals surface area contributed by atoms with Crippen LogP contribution >= 0.6 is 11.6 Å². The molecule has 0 aliphatic carbocycles. The molecule has 9 heteroatoms. The Morgan fingerprint density at radius 3 is 2.86 bits per heavy atom. The molecular formula is C13H16ClN3O4S. The maximum absolute atomic E-state index is 11.0. The summed E-state index contributed by atoms with van der Waals surface area (Å²) in [5.41, 5.74) is 0. The molecule has 0 aliphatic heterocycles. The number of hydrogen-bond acceptors (Lipinski definition) is 7. The molecule has 0 saturated carbocycles. The number of sulfone groups is 1. The van der Waals surface area contributed by atoms with E-state index < -0.39 is 15.9 Å². The van der Waals surface area contributed by atoms with E-state index >= 15 is 0 Å². The summed E-state index contributed by atoms with van der Waals surface area (Å²) >= 11 is 5.88. The van der Waals surface area contributed by atoms with Gasteiger partial charge in [-0.1, -0.05) is 22.8 Å². The van der Waals surface area contributed by atoms with Gasteiger partial charge in [0.2, 0.25) is 0 Å². The van der Waals surface area contributed by atoms with E-state index in [0.29, 0.717) is 10.8 Å². The maximum Gasteiger partial charge on any atom is 0.315 e. The van der Waals surface area contributed by atoms with Gasteiger partial charge >= 0.3 is 6.01 Å². The Kier molecular flexibility index (Phi) is 5.25. The molecule has 1 aromatic carbocycles. The van der Waals surface area contributed by atoms with E-state index in [0.717, 1.165) is 6.26 Å². The maximum atomic E-state index is 11.0. The Morgan fingerprint density at radius 2 is 2.18 bits per heavy atom. The third-order valence-corrected chi connectivity index (χ3v) is 3.83. The fourth-order valence-corrected chi connectivity index (χ4v) is 2.26. The van der Waals surface area contributed by atoms with Crippen LogP contribution in [0.2, 0.25) is 5.02 Å². The fraction of sp³-hybridized carbons (Fsp3) is 0.385. The van der Waals surface area contributed by atoms with Gasteiger partial charge in [0.1, 0.15) is 15.6 Å². The minimum Gasteiger partial charge on any atom is -0.481 e. The van der Waals surface area contributed by atoms with Crippen molar-refractivity contribution < 1.29 is 17.6 Å². The van der Waals surface area contributed by atoms with Crippen LogP contribution in [0.4, 0.5) is 6.01 Å². The summed E-state index contributed by atoms with van der Waals surface area (Å²) in [6, 6.07) is 7.12. The number of nitrogens with one attached hydrogen (secondary N) is 1. The van der Waals surface area contributed by atoms with Crippen molar-refractivity contribution in [3.63, 3.8) is 0 Å². The van der Waals surface area contributed by atoms with Crippen LogP contribution in [0.1, 0.15) is 18.9 Å². The summed E-state index contributed by atoms with van der Waals surface area (Å²) in [6.45, 7) is 1.96. The molecular weight excluding hydrogens is 330 g/mol. The van der Waals surface area contributed by atoms with Crippen LogP contribution in [0, 0.1) is 0 Å². The van der Waals surface area contributed by atoms with Crippen molar-refractivity contribution in [1.82, 2.24) is 10.2 Å². The molecule has 0 amide bonds. The van der Waals surface area contributed by atoms with Gasteiger partial charge in [-0.05, 0) is 25.1 Å². The molecule has 0 radical (unpaired) electrons. The lowest BCUT2D eigenvalue weighted by molar-refractivity contribution is 0.190. The highest BCUT2D eigenvalue weighted by Crippen LogP contribution is 2.24. The largest absolute Gasteiger partial charge is 0.481 e. The molecule has 0 spiro atoms. The molecule has 0 saturated heterocycles. The van der Waals surface area contributed by atoms with Gasteiger partial charge in [0.25, 0.3) is 5.89 Å². The van der Waals surface area contributed by atoms with Crippen LogP contribution in [0.15, 0.2) is 28.7 Å². The Hall–Kier alpha value is -1.80. The molecule has 120 valence electrons. The predicted molar refractivity (Wildman–Crippen MR) is 83.0 cm³/mol. The first kappa shape index (κ1) is 16.6. The zero-order chi connectivity index (χ0) is 16.2. The van der Waals surface area contributed by atoms with Gasteiger partial charge in [0.05, 0.1) is 5.75 Å². The van der Waals surface area contributed by atoms with Crippen LogP contribution in [0.25, 0.3) is 0 Å². The summed E-state index contributed by atoms with van der Waals surface area (Å²) in [5.74, 6) is 0.853. The van der Waals surface area contributed by atoms with Crippen molar-refractivity contribution in [3.8, 4) is 5.75 Å². The molecule has 1 N–H and O–H groups in total. The fourth-order valence-electron chi connectivity index (χ4n) is 1.61. The highest BCUT2D eigenvalue weighted by atomic mass is 35.5. The summed E-state index contributed by atoms with van der Waals surface area (Å²) in [6.07, 6.45) is 0.700. The van der Waals surface area contributed by atoms with Gasteiger partial charge in [-0.3, -0.25) is 0 Å². The Labute approximate surface area is 133 Å². The molecule has 1 atom stereocenters. The van der Waals surface area contributed by atoms with Gasteiger partial charge in [-0.25, -0.2) is 8.42 Å². The van der Waals surface area contributed by atoms with E-state index in [9.17, 15) is 8.42 Å². The van der Waals surface area contributed by atoms with E-state index in [-0.39, 0.29) is 24.2 Å². The van der Waals surface area contributed by atoms with Crippen molar-refractivity contribution in [3.05, 3.63) is 35.2 Å². The molecule has 22 heavy (non-hydrogen) atoms. The minimum atomic E-state index is -3.04. The van der Waals surface area contributed by atoms with Crippen LogP contribution in [-0.2, 0) is 9.84 Å². The Morgan fingerprint density at radius 1 is 1.41 bits per heavy atom. The van der Waals surface area contributed by atoms with Crippen molar-refractivity contribution in [2.24, 2.45) is 0 Å². The van der Waals surface area contributed by atoms with Crippen molar-refractivity contribution in [2.75, 3.05) is 23.9 Å². The van der Waals surface area contributed by atoms with Crippen LogP contribution in [0.3, 0.4) is 0 Å². The lowest BCUT2D eigenvalue weighted by Gasteiger charge is -2.10. The second-order valence-electron chi connectivity index (χ2n) is 4.72. The molecule has 2 aromatic rings. The molecule has 0 fully saturated rings. The average Bonchev–Trinajstić information content (AvgIpc) is 2.86. The molecule has 1 aromatic heterocycles. The lowest BCUT2D eigenvalue weighted by atomic mass is 10.3. The van der Waals surface area contributed by atoms with E-state index in [4.69, 9.17) is 20.8 Å². The normalized spacial score (nSPS) is 12.9. The van der Waals surface area contributed by atoms with Crippen LogP contribution in [-0.4, -0.2) is 37.2 Å². The summed E-state index contributed by atoms with van der Waals surface area (Å²) in [4.78, 5) is 0. The van der Waals surface area contributed by atoms with Crippen LogP contribution < -0.4 is 10.1 Å². The topological polar surface area (TPSA) is 94.3 Å². The third kappa shape index (κ3) is 5.19. The number of hydrogen-bond donors (Lipinski definition) is 1. The smallest absolute Gasteiger partial charge is 0.315 e. The summed E-state index contributed by atoms with van der Waals surface area (Å²) in [7, 11) is -3.04. The summed E-state index contributed by atoms with van der Waals surface area (Å²) in [5, 5.41) is 11.0. The van der Waals surface area contributed by atoms with Gasteiger partial charge in [-0.15, -0.1) is 5.10 Å². The minimum absolute atomic E-state index is 0.0146. The molecule has 1 unspecified atom stereocenters. The average molecular weight is 346 g/mol. The molecule has 7 nitrogen and oxygen atoms in total. The molecule has 0 bridgehead atoms.